The number of benzene rings is 3. The maximum Gasteiger partial charge on any atom is 0.408 e. The number of aliphatic hydroxyl groups is 1. The molecule has 1 unspecified atom stereocenters. The number of nitrogens with two attached hydrogens (primary N) is 1. The third-order valence-corrected chi connectivity index (χ3v) is 18.2. The number of hydrogen-bond acceptors (Lipinski definition) is 19. The van der Waals surface area contributed by atoms with Crippen LogP contribution < -0.4 is 27.7 Å². The molecule has 6 aromatic heterocycles. The van der Waals surface area contributed by atoms with Crippen molar-refractivity contribution >= 4 is 111 Å². The fourth-order valence-electron chi connectivity index (χ4n) is 13.1. The first-order chi connectivity index (χ1) is 49.0. The second-order valence-corrected chi connectivity index (χ2v) is 25.0. The lowest BCUT2D eigenvalue weighted by Gasteiger charge is -2.36. The van der Waals surface area contributed by atoms with Gasteiger partial charge in [-0.3, -0.25) is 19.2 Å². The molecule has 1 aliphatic carbocycles. The summed E-state index contributed by atoms with van der Waals surface area (Å²) in [6.45, 7) is 6.28. The molecule has 0 radical (unpaired) electrons. The number of fused-ring (bicyclic) bond motifs is 15. The summed E-state index contributed by atoms with van der Waals surface area (Å²) in [7, 11) is 1.47. The molecule has 27 heteroatoms. The number of hydrogen-bond donors (Lipinski definition) is 3. The summed E-state index contributed by atoms with van der Waals surface area (Å²) in [5.41, 5.74) is 8.60. The van der Waals surface area contributed by atoms with Gasteiger partial charge in [0.2, 0.25) is 11.2 Å². The van der Waals surface area contributed by atoms with E-state index in [9.17, 15) is 43.5 Å². The number of ether oxygens (including phenoxy) is 5. The van der Waals surface area contributed by atoms with Gasteiger partial charge in [0.15, 0.2) is 5.60 Å². The molecule has 6 aliphatic heterocycles. The Labute approximate surface area is 584 Å². The minimum absolute atomic E-state index is 0. The van der Waals surface area contributed by atoms with Crippen molar-refractivity contribution in [3.8, 4) is 34.2 Å². The molecule has 12 heterocycles. The van der Waals surface area contributed by atoms with Crippen LogP contribution in [0.1, 0.15) is 128 Å². The quantitative estimate of drug-likeness (QED) is 0.0578. The van der Waals surface area contributed by atoms with E-state index in [0.29, 0.717) is 82.8 Å². The standard InChI is InChI=1S/C25H23N3O5.C21H15ClN2O5.C20H16N2O4.C2H7P.CCl2O.CH5N.CH4/c1-2-25(33-24(31)26-16-7-5-8-16)18-11-20-21-15(10-14-6-3-4-9-19(14)27-21)12-28(20)22(29)17(18)13-32-23(25)30;1-2-21(29-20(22)27)14-8-16-17-12(7-11-5-3-4-6-15(11)23-17)9-24(16)18(25)13(14)10-28-19(21)26;1-2-20(25)14-8-16-17-12(7-11-5-3-4-6-15(11)21-17)9-22(16)18(23)13(14)10-26-19(20)24;1-2-3;2-1(3)4;1-2;/h3-4,6,9-11,16H,2,5,7-8,12-13H2,1H3,(H,26,31);3-8H,2,9-10H2,1H3;3-8,25H,2,9-10H2,1H3;2-3H2,1H3;;2H2,1H3;1H4/t25-;21-;20-;;;;/m000..../s1/i;;;1D,3T;;2*1D. The third kappa shape index (κ3) is 12.8. The highest BCUT2D eigenvalue weighted by Crippen LogP contribution is 2.44. The van der Waals surface area contributed by atoms with Crippen molar-refractivity contribution in [2.75, 3.05) is 13.2 Å². The number of aromatic nitrogens is 6. The van der Waals surface area contributed by atoms with Crippen LogP contribution in [0.3, 0.4) is 0 Å². The fourth-order valence-corrected chi connectivity index (χ4v) is 13.3. The van der Waals surface area contributed by atoms with E-state index < -0.39 is 50.9 Å². The Kier molecular flexibility index (Phi) is 19.6. The van der Waals surface area contributed by atoms with Crippen LogP contribution in [-0.2, 0) is 94.3 Å². The predicted molar refractivity (Wildman–Crippen MR) is 373 cm³/mol. The average molecular weight is 1420 g/mol. The minimum Gasteiger partial charge on any atom is -0.458 e. The smallest absolute Gasteiger partial charge is 0.408 e. The Bertz CT molecular complexity index is 5020. The summed E-state index contributed by atoms with van der Waals surface area (Å²) >= 11 is 14.3. The van der Waals surface area contributed by atoms with Crippen LogP contribution in [0.25, 0.3) is 66.9 Å². The van der Waals surface area contributed by atoms with Crippen LogP contribution >= 0.6 is 44.0 Å². The van der Waals surface area contributed by atoms with Crippen molar-refractivity contribution in [3.05, 3.63) is 190 Å². The number of nitrogens with zero attached hydrogens (tertiary/aromatic N) is 6. The number of esters is 3. The van der Waals surface area contributed by atoms with Crippen LogP contribution in [0.4, 0.5) is 14.4 Å². The topological polar surface area (TPSA) is 312 Å². The summed E-state index contributed by atoms with van der Waals surface area (Å²) < 4.78 is 55.4. The van der Waals surface area contributed by atoms with Gasteiger partial charge in [-0.1, -0.05) is 89.7 Å². The molecule has 16 rings (SSSR count). The maximum atomic E-state index is 13.5. The third-order valence-electron chi connectivity index (χ3n) is 18.1. The molecule has 1 fully saturated rings. The number of carbonyl (C=O) groups excluding carboxylic acids is 6. The molecular weight excluding hydrogens is 1340 g/mol. The van der Waals surface area contributed by atoms with Crippen LogP contribution in [0, 0.1) is 0 Å². The predicted octanol–water partition coefficient (Wildman–Crippen LogP) is 11.6. The average Bonchev–Trinajstić information content (AvgIpc) is 1.46. The van der Waals surface area contributed by atoms with Gasteiger partial charge in [-0.15, -0.1) is 9.18 Å². The lowest BCUT2D eigenvalue weighted by Crippen LogP contribution is -2.50. The number of rotatable bonds is 7. The molecule has 0 saturated heterocycles. The molecule has 1 saturated carbocycles. The fraction of sp³-hybridized carbons (Fsp3) is 0.324. The van der Waals surface area contributed by atoms with Crippen molar-refractivity contribution in [3.63, 3.8) is 0 Å². The minimum atomic E-state index is -1.79. The summed E-state index contributed by atoms with van der Waals surface area (Å²) in [6, 6.07) is 34.6. The zero-order chi connectivity index (χ0) is 73.5. The molecule has 23 nitrogen and oxygen atoms in total. The molecule has 4 atom stereocenters. The second kappa shape index (κ2) is 29.1. The van der Waals surface area contributed by atoms with E-state index in [1.54, 1.807) is 52.7 Å². The van der Waals surface area contributed by atoms with Crippen LogP contribution in [0.5, 0.6) is 0 Å². The lowest BCUT2D eigenvalue weighted by atomic mass is 9.85. The van der Waals surface area contributed by atoms with Gasteiger partial charge in [0.05, 0.1) is 88.3 Å². The number of amides is 1. The van der Waals surface area contributed by atoms with Crippen molar-refractivity contribution in [2.45, 2.75) is 136 Å². The Morgan fingerprint density at radius 3 is 1.34 bits per heavy atom. The lowest BCUT2D eigenvalue weighted by molar-refractivity contribution is -0.173. The van der Waals surface area contributed by atoms with E-state index in [-0.39, 0.29) is 83.6 Å². The number of carbonyl (C=O) groups is 6. The van der Waals surface area contributed by atoms with Crippen molar-refractivity contribution in [2.24, 2.45) is 5.73 Å². The van der Waals surface area contributed by atoms with Gasteiger partial charge >= 0.3 is 34.1 Å². The highest BCUT2D eigenvalue weighted by molar-refractivity contribution is 7.16. The van der Waals surface area contributed by atoms with Gasteiger partial charge in [-0.05, 0) is 130 Å². The Balaban J connectivity index is 0.000000151. The zero-order valence-electron chi connectivity index (χ0n) is 57.6. The van der Waals surface area contributed by atoms with Crippen LogP contribution in [-0.4, -0.2) is 88.4 Å². The molecular formula is C71H70Cl3N8O15P. The Morgan fingerprint density at radius 2 is 1.00 bits per heavy atom. The summed E-state index contributed by atoms with van der Waals surface area (Å²) in [5, 5.41) is 16.6. The Hall–Kier alpha value is -9.22. The molecule has 7 aliphatic rings. The van der Waals surface area contributed by atoms with Crippen molar-refractivity contribution in [1.29, 1.82) is 1.28 Å². The van der Waals surface area contributed by atoms with Crippen molar-refractivity contribution < 1.29 is 61.7 Å². The number of pyridine rings is 6. The molecule has 0 bridgehead atoms. The SMILES string of the molecule is CC[C@@]1(O)C(=O)OCc2c1cc1n(c2=O)Cc2cc3ccccc3nc2-1.CC[C@@]1(OC(=O)Cl)C(=O)OCc2c1cc1n(c2=O)Cc2cc3ccccc3nc2-1.CC[C@@]1(OC(=O)NC2CCC2)C(=O)OCc2c1cc1n(c2=O)Cc2cc3ccccc3nc2-1.O=C(Cl)Cl.[2H]C.[2H]CCP[3H].[2H]CN. The van der Waals surface area contributed by atoms with E-state index in [4.69, 9.17) is 60.4 Å². The largest absolute Gasteiger partial charge is 0.458 e. The van der Waals surface area contributed by atoms with Gasteiger partial charge in [-0.25, -0.2) is 38.9 Å². The van der Waals surface area contributed by atoms with Crippen LogP contribution in [0.2, 0.25) is 0 Å². The first-order valence-electron chi connectivity index (χ1n) is 33.8. The van der Waals surface area contributed by atoms with Gasteiger partial charge in [0, 0.05) is 71.3 Å². The first kappa shape index (κ1) is 66.0. The van der Waals surface area contributed by atoms with Gasteiger partial charge < -0.3 is 53.5 Å². The number of para-hydroxylation sites is 3. The van der Waals surface area contributed by atoms with E-state index in [0.717, 1.165) is 80.5 Å². The first-order valence-corrected chi connectivity index (χ1v) is 32.8. The summed E-state index contributed by atoms with van der Waals surface area (Å²) in [5.74, 6) is -2.10. The van der Waals surface area contributed by atoms with E-state index in [2.05, 4.69) is 34.3 Å². The number of cyclic esters (lactones) is 3. The zero-order valence-corrected chi connectivity index (χ0v) is 56.9. The monoisotopic (exact) mass is 1420 g/mol. The van der Waals surface area contributed by atoms with Gasteiger partial charge in [0.25, 0.3) is 16.7 Å². The normalized spacial score (nSPS) is 19.3. The number of halogens is 3. The van der Waals surface area contributed by atoms with E-state index in [1.165, 1.54) is 7.40 Å². The maximum absolute atomic E-state index is 13.5. The van der Waals surface area contributed by atoms with Gasteiger partial charge in [0.1, 0.15) is 19.8 Å². The number of nitrogens with one attached hydrogen (secondary N) is 1. The highest BCUT2D eigenvalue weighted by Gasteiger charge is 2.53. The highest BCUT2D eigenvalue weighted by atomic mass is 35.5. The summed E-state index contributed by atoms with van der Waals surface area (Å²) in [6.07, 6.45) is 3.28. The second-order valence-electron chi connectivity index (χ2n) is 23.3. The summed E-state index contributed by atoms with van der Waals surface area (Å²) in [4.78, 5) is 125. The van der Waals surface area contributed by atoms with E-state index in [1.807, 2.05) is 91.0 Å². The van der Waals surface area contributed by atoms with Crippen LogP contribution in [0.15, 0.2) is 124 Å². The molecule has 0 spiro atoms. The molecule has 1 amide bonds. The molecule has 9 aromatic rings. The molecule has 3 aromatic carbocycles. The molecule has 4 N–H and O–H groups in total. The van der Waals surface area contributed by atoms with Gasteiger partial charge in [-0.2, -0.15) is 0 Å². The molecule has 98 heavy (non-hydrogen) atoms. The van der Waals surface area contributed by atoms with E-state index >= 15 is 0 Å². The molecule has 510 valence electrons. The Morgan fingerprint density at radius 1 is 0.633 bits per heavy atom. The number of alkyl carbamates (subject to hydrolysis) is 1. The van der Waals surface area contributed by atoms with Crippen molar-refractivity contribution in [1.82, 2.24) is 34.0 Å².